The Balaban J connectivity index is 1.39. The van der Waals surface area contributed by atoms with Gasteiger partial charge < -0.3 is 38.1 Å². The Hall–Kier alpha value is -4.22. The predicted molar refractivity (Wildman–Crippen MR) is 134 cm³/mol. The highest BCUT2D eigenvalue weighted by molar-refractivity contribution is 5.98. The van der Waals surface area contributed by atoms with Gasteiger partial charge in [-0.15, -0.1) is 0 Å². The molecule has 1 saturated heterocycles. The van der Waals surface area contributed by atoms with Gasteiger partial charge in [0.05, 0.1) is 5.69 Å². The molecule has 35 heavy (non-hydrogen) atoms. The first-order valence-electron chi connectivity index (χ1n) is 11.6. The Labute approximate surface area is 203 Å². The Kier molecular flexibility index (Phi) is 7.09. The summed E-state index contributed by atoms with van der Waals surface area (Å²) in [5.41, 5.74) is 19.4. The number of carbonyl (C=O) groups is 2. The number of nitrogens with two attached hydrogens (primary N) is 3. The lowest BCUT2D eigenvalue weighted by atomic mass is 9.95. The largest absolute Gasteiger partial charge is 0.370 e. The average molecular weight is 481 g/mol. The van der Waals surface area contributed by atoms with Gasteiger partial charge in [-0.2, -0.15) is 0 Å². The Morgan fingerprint density at radius 1 is 1.20 bits per heavy atom. The summed E-state index contributed by atoms with van der Waals surface area (Å²) in [4.78, 5) is 32.4. The number of piperidine rings is 1. The van der Waals surface area contributed by atoms with E-state index in [1.54, 1.807) is 24.3 Å². The summed E-state index contributed by atoms with van der Waals surface area (Å²) in [6, 6.07) is 6.59. The Morgan fingerprint density at radius 3 is 2.69 bits per heavy atom. The lowest BCUT2D eigenvalue weighted by molar-refractivity contribution is 0.0953. The second kappa shape index (κ2) is 10.4. The molecule has 0 spiro atoms. The molecule has 0 saturated carbocycles. The highest BCUT2D eigenvalue weighted by atomic mass is 16.2. The molecular formula is C23H32N10O2. The summed E-state index contributed by atoms with van der Waals surface area (Å²) in [5, 5.41) is 16.9. The minimum absolute atomic E-state index is 0.0312. The second-order valence-corrected chi connectivity index (χ2v) is 8.76. The number of carbonyl (C=O) groups excluding carboxylic acids is 2. The van der Waals surface area contributed by atoms with E-state index in [0.717, 1.165) is 30.7 Å². The van der Waals surface area contributed by atoms with Crippen molar-refractivity contribution in [3.8, 4) is 0 Å². The maximum absolute atomic E-state index is 12.8. The van der Waals surface area contributed by atoms with E-state index in [9.17, 15) is 9.59 Å². The van der Waals surface area contributed by atoms with Crippen molar-refractivity contribution in [3.05, 3.63) is 53.4 Å². The third-order valence-electron chi connectivity index (χ3n) is 6.26. The number of benzene rings is 1. The van der Waals surface area contributed by atoms with Gasteiger partial charge >= 0.3 is 6.03 Å². The van der Waals surface area contributed by atoms with E-state index in [1.165, 1.54) is 4.90 Å². The lowest BCUT2D eigenvalue weighted by Crippen LogP contribution is -2.52. The van der Waals surface area contributed by atoms with Gasteiger partial charge in [0.15, 0.2) is 11.9 Å². The molecule has 3 heterocycles. The predicted octanol–water partition coefficient (Wildman–Crippen LogP) is -0.0879. The molecule has 12 nitrogen and oxygen atoms in total. The lowest BCUT2D eigenvalue weighted by Gasteiger charge is -2.34. The SMILES string of the molecule is N=C(N)N1CCCC(C2=CC3=CN(c4ccc(C(=O)NCCCN=C(N)N)cc4)C(=O)NC3N2)C1. The molecule has 2 atom stereocenters. The Bertz CT molecular complexity index is 1070. The minimum Gasteiger partial charge on any atom is -0.370 e. The van der Waals surface area contributed by atoms with E-state index in [2.05, 4.69) is 27.0 Å². The van der Waals surface area contributed by atoms with Crippen LogP contribution in [0.15, 0.2) is 52.8 Å². The molecule has 0 bridgehead atoms. The summed E-state index contributed by atoms with van der Waals surface area (Å²) in [5.74, 6) is 0.139. The van der Waals surface area contributed by atoms with E-state index < -0.39 is 0 Å². The van der Waals surface area contributed by atoms with Crippen LogP contribution in [0.3, 0.4) is 0 Å². The molecule has 3 aliphatic rings. The minimum atomic E-state index is -0.287. The number of fused-ring (bicyclic) bond motifs is 1. The number of nitrogens with zero attached hydrogens (tertiary/aromatic N) is 3. The zero-order valence-electron chi connectivity index (χ0n) is 19.5. The van der Waals surface area contributed by atoms with Crippen molar-refractivity contribution < 1.29 is 9.59 Å². The topological polar surface area (TPSA) is 191 Å². The van der Waals surface area contributed by atoms with Gasteiger partial charge in [0, 0.05) is 55.1 Å². The molecule has 1 aromatic rings. The molecule has 2 unspecified atom stereocenters. The van der Waals surface area contributed by atoms with Gasteiger partial charge in [0.25, 0.3) is 5.91 Å². The normalized spacial score (nSPS) is 21.2. The summed E-state index contributed by atoms with van der Waals surface area (Å²) in [6.45, 7) is 2.37. The molecule has 1 fully saturated rings. The number of hydrogen-bond donors (Lipinski definition) is 7. The summed E-state index contributed by atoms with van der Waals surface area (Å²) in [6.07, 6.45) is 6.18. The number of likely N-dealkylation sites (tertiary alicyclic amines) is 1. The first kappa shape index (κ1) is 23.9. The first-order valence-corrected chi connectivity index (χ1v) is 11.6. The quantitative estimate of drug-likeness (QED) is 0.161. The fourth-order valence-electron chi connectivity index (χ4n) is 4.43. The van der Waals surface area contributed by atoms with Crippen LogP contribution in [-0.4, -0.2) is 61.1 Å². The number of nitrogens with one attached hydrogen (secondary N) is 4. The monoisotopic (exact) mass is 480 g/mol. The average Bonchev–Trinajstić information content (AvgIpc) is 3.26. The second-order valence-electron chi connectivity index (χ2n) is 8.76. The third kappa shape index (κ3) is 5.65. The number of amides is 3. The third-order valence-corrected chi connectivity index (χ3v) is 6.26. The van der Waals surface area contributed by atoms with Gasteiger partial charge in [-0.05, 0) is 49.6 Å². The summed E-state index contributed by atoms with van der Waals surface area (Å²) in [7, 11) is 0. The summed E-state index contributed by atoms with van der Waals surface area (Å²) >= 11 is 0. The fourth-order valence-corrected chi connectivity index (χ4v) is 4.43. The molecule has 10 N–H and O–H groups in total. The van der Waals surface area contributed by atoms with Gasteiger partial charge in [0.1, 0.15) is 6.17 Å². The van der Waals surface area contributed by atoms with Crippen molar-refractivity contribution in [3.63, 3.8) is 0 Å². The highest BCUT2D eigenvalue weighted by Crippen LogP contribution is 2.30. The van der Waals surface area contributed by atoms with Crippen LogP contribution in [0.2, 0.25) is 0 Å². The van der Waals surface area contributed by atoms with Crippen molar-refractivity contribution in [1.82, 2.24) is 20.9 Å². The molecule has 12 heteroatoms. The smallest absolute Gasteiger partial charge is 0.327 e. The number of guanidine groups is 2. The number of hydrogen-bond acceptors (Lipinski definition) is 5. The molecule has 3 amide bonds. The standard InChI is InChI=1S/C23H32N10O2/c24-21(25)29-9-2-8-28-20(34)14-4-6-17(7-5-14)33-13-16-11-18(30-19(16)31-23(33)35)15-3-1-10-32(12-15)22(26)27/h4-7,11,13,15,19,30H,1-3,8-10,12H2,(H3,26,27)(H,28,34)(H,31,35)(H4,24,25,29). The van der Waals surface area contributed by atoms with Gasteiger partial charge in [-0.3, -0.25) is 20.1 Å². The summed E-state index contributed by atoms with van der Waals surface area (Å²) < 4.78 is 0. The molecule has 0 aromatic heterocycles. The van der Waals surface area contributed by atoms with Crippen LogP contribution in [0.4, 0.5) is 10.5 Å². The van der Waals surface area contributed by atoms with E-state index in [1.807, 2.05) is 11.1 Å². The maximum Gasteiger partial charge on any atom is 0.327 e. The molecule has 4 rings (SSSR count). The van der Waals surface area contributed by atoms with E-state index >= 15 is 0 Å². The van der Waals surface area contributed by atoms with Crippen LogP contribution >= 0.6 is 0 Å². The van der Waals surface area contributed by atoms with Crippen molar-refractivity contribution in [1.29, 1.82) is 5.41 Å². The van der Waals surface area contributed by atoms with Crippen molar-refractivity contribution >= 4 is 29.5 Å². The molecule has 186 valence electrons. The van der Waals surface area contributed by atoms with Crippen molar-refractivity contribution in [2.75, 3.05) is 31.1 Å². The van der Waals surface area contributed by atoms with Crippen molar-refractivity contribution in [2.24, 2.45) is 28.1 Å². The molecular weight excluding hydrogens is 448 g/mol. The molecule has 3 aliphatic heterocycles. The zero-order chi connectivity index (χ0) is 24.9. The van der Waals surface area contributed by atoms with Crippen LogP contribution < -0.4 is 38.1 Å². The first-order chi connectivity index (χ1) is 16.8. The number of urea groups is 1. The van der Waals surface area contributed by atoms with Gasteiger partial charge in [-0.1, -0.05) is 0 Å². The Morgan fingerprint density at radius 2 is 1.97 bits per heavy atom. The highest BCUT2D eigenvalue weighted by Gasteiger charge is 2.34. The van der Waals surface area contributed by atoms with Crippen LogP contribution in [0, 0.1) is 11.3 Å². The maximum atomic E-state index is 12.8. The van der Waals surface area contributed by atoms with Crippen LogP contribution in [0.1, 0.15) is 29.6 Å². The molecule has 0 radical (unpaired) electrons. The molecule has 0 aliphatic carbocycles. The van der Waals surface area contributed by atoms with E-state index in [4.69, 9.17) is 22.6 Å². The van der Waals surface area contributed by atoms with Crippen molar-refractivity contribution in [2.45, 2.75) is 25.4 Å². The fraction of sp³-hybridized carbons (Fsp3) is 0.391. The molecule has 1 aromatic carbocycles. The number of rotatable bonds is 7. The van der Waals surface area contributed by atoms with Crippen LogP contribution in [0.5, 0.6) is 0 Å². The zero-order valence-corrected chi connectivity index (χ0v) is 19.5. The van der Waals surface area contributed by atoms with Crippen LogP contribution in [0.25, 0.3) is 0 Å². The number of anilines is 1. The van der Waals surface area contributed by atoms with Gasteiger partial charge in [0.2, 0.25) is 0 Å². The number of aliphatic imine (C=N–C) groups is 1. The van der Waals surface area contributed by atoms with Gasteiger partial charge in [-0.25, -0.2) is 4.79 Å². The van der Waals surface area contributed by atoms with Crippen LogP contribution in [-0.2, 0) is 0 Å². The van der Waals surface area contributed by atoms with E-state index in [0.29, 0.717) is 37.3 Å². The van der Waals surface area contributed by atoms with E-state index in [-0.39, 0.29) is 35.9 Å².